The quantitative estimate of drug-likeness (QED) is 0.482. The Labute approximate surface area is 206 Å². The van der Waals surface area contributed by atoms with Gasteiger partial charge in [0.05, 0.1) is 25.2 Å². The minimum absolute atomic E-state index is 0.0324. The summed E-state index contributed by atoms with van der Waals surface area (Å²) in [5.41, 5.74) is 0. The molecule has 0 unspecified atom stereocenters. The summed E-state index contributed by atoms with van der Waals surface area (Å²) in [5, 5.41) is 0.571. The highest BCUT2D eigenvalue weighted by Crippen LogP contribution is 2.31. The molecule has 7 nitrogen and oxygen atoms in total. The van der Waals surface area contributed by atoms with Gasteiger partial charge >= 0.3 is 5.97 Å². The molecule has 0 amide bonds. The lowest BCUT2D eigenvalue weighted by atomic mass is 9.90. The maximum atomic E-state index is 13.4. The number of hydrogen-bond donors (Lipinski definition) is 0. The molecule has 1 saturated heterocycles. The minimum atomic E-state index is -3.95. The van der Waals surface area contributed by atoms with Crippen molar-refractivity contribution in [3.05, 3.63) is 53.6 Å². The summed E-state index contributed by atoms with van der Waals surface area (Å²) in [6, 6.07) is 12.2. The molecule has 4 rings (SSSR count). The number of methoxy groups -OCH3 is 1. The van der Waals surface area contributed by atoms with E-state index in [1.165, 1.54) is 51.3 Å². The van der Waals surface area contributed by atoms with Crippen molar-refractivity contribution in [2.45, 2.75) is 55.6 Å². The Bertz CT molecular complexity index is 1070. The molecule has 2 aromatic rings. The smallest absolute Gasteiger partial charge is 0.324 e. The van der Waals surface area contributed by atoms with Gasteiger partial charge in [-0.25, -0.2) is 8.42 Å². The molecule has 2 aromatic carbocycles. The first-order valence-electron chi connectivity index (χ1n) is 11.6. The van der Waals surface area contributed by atoms with Crippen molar-refractivity contribution < 1.29 is 27.4 Å². The Morgan fingerprint density at radius 1 is 1.00 bits per heavy atom. The molecule has 2 atom stereocenters. The number of esters is 1. The molecule has 0 spiro atoms. The van der Waals surface area contributed by atoms with E-state index in [4.69, 9.17) is 25.8 Å². The molecular weight excluding hydrogens is 478 g/mol. The zero-order chi connectivity index (χ0) is 24.1. The van der Waals surface area contributed by atoms with Gasteiger partial charge < -0.3 is 14.2 Å². The van der Waals surface area contributed by atoms with Crippen LogP contribution in [0.5, 0.6) is 11.5 Å². The number of carbonyl (C=O) groups excluding carboxylic acids is 1. The lowest BCUT2D eigenvalue weighted by Gasteiger charge is -2.23. The first kappa shape index (κ1) is 24.8. The standard InChI is InChI=1S/C25H30ClNO6S/c1-31-25(28)24-15-22(33-21-9-7-19(26)8-10-21)16-27(24)34(29,30)23-13-11-20(12-14-23)32-17-18-5-3-2-4-6-18/h7-14,18,22,24H,2-6,15-17H2,1H3/t22-,24+/m1/s1. The fourth-order valence-corrected chi connectivity index (χ4v) is 6.33. The second-order valence-corrected chi connectivity index (χ2v) is 11.2. The number of rotatable bonds is 8. The Balaban J connectivity index is 1.45. The molecule has 0 radical (unpaired) electrons. The molecule has 9 heteroatoms. The van der Waals surface area contributed by atoms with E-state index in [2.05, 4.69) is 0 Å². The average Bonchev–Trinajstić information content (AvgIpc) is 3.29. The molecule has 1 aliphatic heterocycles. The highest BCUT2D eigenvalue weighted by Gasteiger charge is 2.45. The molecule has 34 heavy (non-hydrogen) atoms. The van der Waals surface area contributed by atoms with Crippen molar-refractivity contribution in [3.8, 4) is 11.5 Å². The molecule has 2 fully saturated rings. The van der Waals surface area contributed by atoms with Crippen molar-refractivity contribution in [2.75, 3.05) is 20.3 Å². The van der Waals surface area contributed by atoms with Crippen LogP contribution >= 0.6 is 11.6 Å². The van der Waals surface area contributed by atoms with E-state index >= 15 is 0 Å². The lowest BCUT2D eigenvalue weighted by molar-refractivity contribution is -0.144. The number of benzene rings is 2. The predicted octanol–water partition coefficient (Wildman–Crippen LogP) is 4.68. The Morgan fingerprint density at radius 2 is 1.65 bits per heavy atom. The van der Waals surface area contributed by atoms with Gasteiger partial charge in [0, 0.05) is 11.4 Å². The maximum Gasteiger partial charge on any atom is 0.324 e. The number of hydrogen-bond acceptors (Lipinski definition) is 6. The SMILES string of the molecule is COC(=O)[C@@H]1C[C@@H](Oc2ccc(Cl)cc2)CN1S(=O)(=O)c1ccc(OCC2CCCCC2)cc1. The topological polar surface area (TPSA) is 82.1 Å². The molecule has 0 bridgehead atoms. The number of nitrogens with zero attached hydrogens (tertiary/aromatic N) is 1. The van der Waals surface area contributed by atoms with Gasteiger partial charge in [-0.2, -0.15) is 4.31 Å². The molecule has 1 saturated carbocycles. The summed E-state index contributed by atoms with van der Waals surface area (Å²) in [6.07, 6.45) is 5.81. The molecule has 184 valence electrons. The second-order valence-electron chi connectivity index (χ2n) is 8.83. The summed E-state index contributed by atoms with van der Waals surface area (Å²) in [6.45, 7) is 0.678. The van der Waals surface area contributed by atoms with Crippen LogP contribution in [0, 0.1) is 5.92 Å². The van der Waals surface area contributed by atoms with Gasteiger partial charge in [0.25, 0.3) is 0 Å². The fourth-order valence-electron chi connectivity index (χ4n) is 4.59. The number of sulfonamides is 1. The molecular formula is C25H30ClNO6S. The maximum absolute atomic E-state index is 13.4. The Hall–Kier alpha value is -2.29. The van der Waals surface area contributed by atoms with Crippen LogP contribution in [0.15, 0.2) is 53.4 Å². The summed E-state index contributed by atoms with van der Waals surface area (Å²) in [5.74, 6) is 1.13. The zero-order valence-electron chi connectivity index (χ0n) is 19.2. The highest BCUT2D eigenvalue weighted by molar-refractivity contribution is 7.89. The second kappa shape index (κ2) is 11.0. The van der Waals surface area contributed by atoms with Gasteiger partial charge in [-0.15, -0.1) is 0 Å². The number of ether oxygens (including phenoxy) is 3. The summed E-state index contributed by atoms with van der Waals surface area (Å²) in [7, 11) is -2.70. The molecule has 1 aliphatic carbocycles. The van der Waals surface area contributed by atoms with E-state index < -0.39 is 28.1 Å². The van der Waals surface area contributed by atoms with Crippen LogP contribution in [0.25, 0.3) is 0 Å². The van der Waals surface area contributed by atoms with E-state index in [-0.39, 0.29) is 17.9 Å². The molecule has 2 aliphatic rings. The van der Waals surface area contributed by atoms with Gasteiger partial charge in [0.15, 0.2) is 0 Å². The van der Waals surface area contributed by atoms with E-state index in [0.717, 1.165) is 4.31 Å². The zero-order valence-corrected chi connectivity index (χ0v) is 20.8. The van der Waals surface area contributed by atoms with Crippen LogP contribution in [0.4, 0.5) is 0 Å². The van der Waals surface area contributed by atoms with Gasteiger partial charge in [0.2, 0.25) is 10.0 Å². The first-order valence-corrected chi connectivity index (χ1v) is 13.4. The molecule has 0 aromatic heterocycles. The van der Waals surface area contributed by atoms with Crippen LogP contribution in [-0.4, -0.2) is 51.1 Å². The molecule has 0 N–H and O–H groups in total. The van der Waals surface area contributed by atoms with Gasteiger partial charge in [0.1, 0.15) is 23.6 Å². The van der Waals surface area contributed by atoms with Crippen LogP contribution in [-0.2, 0) is 19.6 Å². The summed E-state index contributed by atoms with van der Waals surface area (Å²) >= 11 is 5.92. The Kier molecular flexibility index (Phi) is 8.01. The summed E-state index contributed by atoms with van der Waals surface area (Å²) < 4.78 is 44.7. The monoisotopic (exact) mass is 507 g/mol. The highest BCUT2D eigenvalue weighted by atomic mass is 35.5. The number of carbonyl (C=O) groups is 1. The summed E-state index contributed by atoms with van der Waals surface area (Å²) in [4.78, 5) is 12.5. The largest absolute Gasteiger partial charge is 0.493 e. The van der Waals surface area contributed by atoms with Crippen LogP contribution < -0.4 is 9.47 Å². The minimum Gasteiger partial charge on any atom is -0.493 e. The third-order valence-corrected chi connectivity index (χ3v) is 8.59. The lowest BCUT2D eigenvalue weighted by Crippen LogP contribution is -2.41. The third kappa shape index (κ3) is 5.85. The van der Waals surface area contributed by atoms with Crippen molar-refractivity contribution in [3.63, 3.8) is 0 Å². The number of halogens is 1. The van der Waals surface area contributed by atoms with Gasteiger partial charge in [-0.3, -0.25) is 4.79 Å². The van der Waals surface area contributed by atoms with E-state index in [1.54, 1.807) is 36.4 Å². The van der Waals surface area contributed by atoms with Crippen molar-refractivity contribution >= 4 is 27.6 Å². The van der Waals surface area contributed by atoms with Crippen LogP contribution in [0.2, 0.25) is 5.02 Å². The van der Waals surface area contributed by atoms with Crippen LogP contribution in [0.3, 0.4) is 0 Å². The van der Waals surface area contributed by atoms with Gasteiger partial charge in [-0.05, 0) is 67.3 Å². The van der Waals surface area contributed by atoms with Crippen LogP contribution in [0.1, 0.15) is 38.5 Å². The fraction of sp³-hybridized carbons (Fsp3) is 0.480. The normalized spacial score (nSPS) is 21.8. The van der Waals surface area contributed by atoms with E-state index in [9.17, 15) is 13.2 Å². The average molecular weight is 508 g/mol. The van der Waals surface area contributed by atoms with Crippen molar-refractivity contribution in [1.82, 2.24) is 4.31 Å². The van der Waals surface area contributed by atoms with E-state index in [1.807, 2.05) is 0 Å². The van der Waals surface area contributed by atoms with Crippen molar-refractivity contribution in [1.29, 1.82) is 0 Å². The molecule has 1 heterocycles. The van der Waals surface area contributed by atoms with E-state index in [0.29, 0.717) is 29.0 Å². The third-order valence-electron chi connectivity index (χ3n) is 6.45. The predicted molar refractivity (Wildman–Crippen MR) is 129 cm³/mol. The van der Waals surface area contributed by atoms with Gasteiger partial charge in [-0.1, -0.05) is 30.9 Å². The first-order chi connectivity index (χ1) is 16.4. The Morgan fingerprint density at radius 3 is 2.29 bits per heavy atom. The van der Waals surface area contributed by atoms with Crippen molar-refractivity contribution in [2.24, 2.45) is 5.92 Å².